The first kappa shape index (κ1) is 23.7. The van der Waals surface area contributed by atoms with Crippen LogP contribution in [0.15, 0.2) is 38.3 Å². The van der Waals surface area contributed by atoms with E-state index >= 15 is 0 Å². The van der Waals surface area contributed by atoms with Gasteiger partial charge in [0.15, 0.2) is 12.3 Å². The molecule has 0 saturated heterocycles. The van der Waals surface area contributed by atoms with E-state index in [0.29, 0.717) is 25.3 Å². The van der Waals surface area contributed by atoms with Crippen molar-refractivity contribution in [2.45, 2.75) is 52.5 Å². The summed E-state index contributed by atoms with van der Waals surface area (Å²) in [6, 6.07) is 7.10. The van der Waals surface area contributed by atoms with Crippen molar-refractivity contribution in [3.63, 3.8) is 0 Å². The number of rotatable bonds is 11. The summed E-state index contributed by atoms with van der Waals surface area (Å²) in [6.07, 6.45) is 4.14. The standard InChI is InChI=1S/C21H29BrN4O4/c1-3-5-7-13-25(17(27)14-30-16-10-8-15(22)9-11-16)18-19(23)26(12-6-4-2)21(29)24-20(18)28/h8-11H,3-7,12-14,23H2,1-2H3,(H,24,28,29). The van der Waals surface area contributed by atoms with E-state index in [-0.39, 0.29) is 18.1 Å². The summed E-state index contributed by atoms with van der Waals surface area (Å²) in [6.45, 7) is 4.48. The van der Waals surface area contributed by atoms with E-state index in [4.69, 9.17) is 10.5 Å². The predicted octanol–water partition coefficient (Wildman–Crippen LogP) is 3.28. The molecule has 2 rings (SSSR count). The van der Waals surface area contributed by atoms with Crippen LogP contribution in [0.3, 0.4) is 0 Å². The van der Waals surface area contributed by atoms with Gasteiger partial charge in [0.1, 0.15) is 11.6 Å². The van der Waals surface area contributed by atoms with Gasteiger partial charge in [0.25, 0.3) is 11.5 Å². The molecule has 8 nitrogen and oxygen atoms in total. The van der Waals surface area contributed by atoms with Gasteiger partial charge in [0.2, 0.25) is 0 Å². The highest BCUT2D eigenvalue weighted by Gasteiger charge is 2.24. The molecule has 0 aliphatic rings. The maximum absolute atomic E-state index is 13.0. The fourth-order valence-electron chi connectivity index (χ4n) is 3.01. The molecule has 0 saturated carbocycles. The highest BCUT2D eigenvalue weighted by molar-refractivity contribution is 9.10. The molecule has 1 aromatic carbocycles. The fraction of sp³-hybridized carbons (Fsp3) is 0.476. The number of nitrogens with two attached hydrogens (primary N) is 1. The van der Waals surface area contributed by atoms with Gasteiger partial charge in [-0.2, -0.15) is 0 Å². The molecule has 30 heavy (non-hydrogen) atoms. The Kier molecular flexibility index (Phi) is 9.16. The number of aromatic amines is 1. The molecular weight excluding hydrogens is 452 g/mol. The van der Waals surface area contributed by atoms with Crippen molar-refractivity contribution >= 4 is 33.3 Å². The molecule has 0 radical (unpaired) electrons. The lowest BCUT2D eigenvalue weighted by Crippen LogP contribution is -2.43. The quantitative estimate of drug-likeness (QED) is 0.479. The van der Waals surface area contributed by atoms with Crippen molar-refractivity contribution in [3.05, 3.63) is 49.6 Å². The summed E-state index contributed by atoms with van der Waals surface area (Å²) in [7, 11) is 0. The number of anilines is 2. The Hall–Kier alpha value is -2.55. The Morgan fingerprint density at radius 1 is 1.13 bits per heavy atom. The number of halogens is 1. The van der Waals surface area contributed by atoms with Gasteiger partial charge >= 0.3 is 5.69 Å². The molecule has 9 heteroatoms. The number of aromatic nitrogens is 2. The van der Waals surface area contributed by atoms with Crippen LogP contribution in [0.2, 0.25) is 0 Å². The minimum absolute atomic E-state index is 0.00527. The number of unbranched alkanes of at least 4 members (excludes halogenated alkanes) is 3. The van der Waals surface area contributed by atoms with Crippen LogP contribution in [-0.2, 0) is 11.3 Å². The zero-order chi connectivity index (χ0) is 22.1. The normalized spacial score (nSPS) is 10.8. The number of hydrogen-bond donors (Lipinski definition) is 2. The van der Waals surface area contributed by atoms with Crippen LogP contribution in [-0.4, -0.2) is 28.6 Å². The smallest absolute Gasteiger partial charge is 0.330 e. The second kappa shape index (κ2) is 11.6. The van der Waals surface area contributed by atoms with Crippen LogP contribution in [0, 0.1) is 0 Å². The number of nitrogen functional groups attached to an aromatic ring is 1. The van der Waals surface area contributed by atoms with E-state index in [0.717, 1.165) is 30.2 Å². The van der Waals surface area contributed by atoms with Crippen LogP contribution in [0.1, 0.15) is 46.0 Å². The van der Waals surface area contributed by atoms with Crippen LogP contribution < -0.4 is 26.6 Å². The van der Waals surface area contributed by atoms with Crippen LogP contribution in [0.25, 0.3) is 0 Å². The highest BCUT2D eigenvalue weighted by Crippen LogP contribution is 2.20. The van der Waals surface area contributed by atoms with Crippen LogP contribution in [0.5, 0.6) is 5.75 Å². The number of nitrogens with one attached hydrogen (secondary N) is 1. The number of nitrogens with zero attached hydrogens (tertiary/aromatic N) is 2. The Bertz CT molecular complexity index is 953. The first-order valence-corrected chi connectivity index (χ1v) is 11.0. The Morgan fingerprint density at radius 2 is 1.80 bits per heavy atom. The average Bonchev–Trinajstić information content (AvgIpc) is 2.71. The molecule has 1 heterocycles. The molecule has 164 valence electrons. The fourth-order valence-corrected chi connectivity index (χ4v) is 3.28. The highest BCUT2D eigenvalue weighted by atomic mass is 79.9. The number of benzene rings is 1. The van der Waals surface area contributed by atoms with Crippen molar-refractivity contribution in [1.29, 1.82) is 0 Å². The summed E-state index contributed by atoms with van der Waals surface area (Å²) in [5, 5.41) is 0. The zero-order valence-corrected chi connectivity index (χ0v) is 19.0. The van der Waals surface area contributed by atoms with Gasteiger partial charge in [-0.1, -0.05) is 49.0 Å². The number of H-pyrrole nitrogens is 1. The maximum Gasteiger partial charge on any atom is 0.330 e. The Morgan fingerprint density at radius 3 is 2.43 bits per heavy atom. The number of carbonyl (C=O) groups is 1. The monoisotopic (exact) mass is 480 g/mol. The van der Waals surface area contributed by atoms with E-state index in [2.05, 4.69) is 27.8 Å². The number of hydrogen-bond acceptors (Lipinski definition) is 5. The van der Waals surface area contributed by atoms with Crippen LogP contribution >= 0.6 is 15.9 Å². The minimum Gasteiger partial charge on any atom is -0.484 e. The predicted molar refractivity (Wildman–Crippen MR) is 122 cm³/mol. The number of amides is 1. The third-order valence-corrected chi connectivity index (χ3v) is 5.21. The van der Waals surface area contributed by atoms with Crippen LogP contribution in [0.4, 0.5) is 11.5 Å². The molecule has 0 fully saturated rings. The van der Waals surface area contributed by atoms with Gasteiger partial charge < -0.3 is 15.4 Å². The summed E-state index contributed by atoms with van der Waals surface area (Å²) in [4.78, 5) is 41.4. The van der Waals surface area contributed by atoms with Crippen molar-refractivity contribution in [1.82, 2.24) is 9.55 Å². The van der Waals surface area contributed by atoms with Crippen molar-refractivity contribution < 1.29 is 9.53 Å². The topological polar surface area (TPSA) is 110 Å². The summed E-state index contributed by atoms with van der Waals surface area (Å²) in [5.74, 6) is 0.146. The second-order valence-electron chi connectivity index (χ2n) is 6.99. The van der Waals surface area contributed by atoms with Crippen molar-refractivity contribution in [2.24, 2.45) is 0 Å². The van der Waals surface area contributed by atoms with E-state index in [1.54, 1.807) is 12.1 Å². The number of ether oxygens (including phenoxy) is 1. The lowest BCUT2D eigenvalue weighted by Gasteiger charge is -2.24. The van der Waals surface area contributed by atoms with E-state index in [9.17, 15) is 14.4 Å². The molecule has 0 bridgehead atoms. The van der Waals surface area contributed by atoms with E-state index in [1.807, 2.05) is 19.1 Å². The zero-order valence-electron chi connectivity index (χ0n) is 17.4. The molecule has 2 aromatic rings. The van der Waals surface area contributed by atoms with Crippen molar-refractivity contribution in [2.75, 3.05) is 23.8 Å². The van der Waals surface area contributed by atoms with E-state index in [1.165, 1.54) is 9.47 Å². The lowest BCUT2D eigenvalue weighted by molar-refractivity contribution is -0.120. The Labute approximate surface area is 184 Å². The lowest BCUT2D eigenvalue weighted by atomic mass is 10.2. The molecule has 1 aromatic heterocycles. The third-order valence-electron chi connectivity index (χ3n) is 4.68. The molecule has 0 aliphatic heterocycles. The average molecular weight is 481 g/mol. The van der Waals surface area contributed by atoms with Gasteiger partial charge in [-0.15, -0.1) is 0 Å². The molecular formula is C21H29BrN4O4. The maximum atomic E-state index is 13.0. The molecule has 0 atom stereocenters. The van der Waals surface area contributed by atoms with E-state index < -0.39 is 17.2 Å². The van der Waals surface area contributed by atoms with Gasteiger partial charge in [0, 0.05) is 17.6 Å². The summed E-state index contributed by atoms with van der Waals surface area (Å²) >= 11 is 3.35. The molecule has 0 aliphatic carbocycles. The van der Waals surface area contributed by atoms with Crippen molar-refractivity contribution in [3.8, 4) is 5.75 Å². The molecule has 0 unspecified atom stereocenters. The summed E-state index contributed by atoms with van der Waals surface area (Å²) < 4.78 is 7.81. The largest absolute Gasteiger partial charge is 0.484 e. The first-order chi connectivity index (χ1) is 14.4. The van der Waals surface area contributed by atoms with Gasteiger partial charge in [-0.05, 0) is 37.1 Å². The van der Waals surface area contributed by atoms with Gasteiger partial charge in [0.05, 0.1) is 0 Å². The van der Waals surface area contributed by atoms with Gasteiger partial charge in [-0.25, -0.2) is 4.79 Å². The Balaban J connectivity index is 2.33. The molecule has 0 spiro atoms. The number of carbonyl (C=O) groups excluding carboxylic acids is 1. The second-order valence-corrected chi connectivity index (χ2v) is 7.91. The molecule has 1 amide bonds. The summed E-state index contributed by atoms with van der Waals surface area (Å²) in [5.41, 5.74) is 4.97. The SMILES string of the molecule is CCCCCN(C(=O)COc1ccc(Br)cc1)c1c(N)n(CCCC)c(=O)[nH]c1=O. The third kappa shape index (κ3) is 6.22. The minimum atomic E-state index is -0.668. The molecule has 3 N–H and O–H groups in total. The first-order valence-electron chi connectivity index (χ1n) is 10.2. The van der Waals surface area contributed by atoms with Gasteiger partial charge in [-0.3, -0.25) is 19.1 Å².